The molecule has 1 aliphatic rings. The Labute approximate surface area is 169 Å². The molecule has 9 nitrogen and oxygen atoms in total. The van der Waals surface area contributed by atoms with E-state index in [0.717, 1.165) is 0 Å². The lowest BCUT2D eigenvalue weighted by atomic mass is 10.1. The minimum absolute atomic E-state index is 0.0839. The number of amides is 1. The highest BCUT2D eigenvalue weighted by Gasteiger charge is 2.30. The second-order valence-electron chi connectivity index (χ2n) is 6.67. The number of anilines is 1. The third-order valence-electron chi connectivity index (χ3n) is 4.82. The van der Waals surface area contributed by atoms with Crippen LogP contribution in [0.5, 0.6) is 0 Å². The van der Waals surface area contributed by atoms with Gasteiger partial charge in [-0.1, -0.05) is 30.3 Å². The molecule has 0 aliphatic carbocycles. The first-order chi connectivity index (χ1) is 13.8. The van der Waals surface area contributed by atoms with Gasteiger partial charge in [0.1, 0.15) is 5.69 Å². The Hall–Kier alpha value is -2.98. The summed E-state index contributed by atoms with van der Waals surface area (Å²) in [4.78, 5) is 24.9. The maximum atomic E-state index is 12.7. The number of carbonyl (C=O) groups excluding carboxylic acids is 1. The Morgan fingerprint density at radius 2 is 1.76 bits per heavy atom. The minimum atomic E-state index is -3.48. The first-order valence-corrected chi connectivity index (χ1v) is 10.7. The summed E-state index contributed by atoms with van der Waals surface area (Å²) in [5.74, 6) is -0.435. The van der Waals surface area contributed by atoms with Gasteiger partial charge in [-0.25, -0.2) is 8.42 Å². The van der Waals surface area contributed by atoms with E-state index >= 15 is 0 Å². The second-order valence-corrected chi connectivity index (χ2v) is 8.64. The largest absolute Gasteiger partial charge is 0.383 e. The fraction of sp³-hybridized carbons (Fsp3) is 0.316. The summed E-state index contributed by atoms with van der Waals surface area (Å²) in [5.41, 5.74) is 1.06. The summed E-state index contributed by atoms with van der Waals surface area (Å²) in [6.07, 6.45) is 0. The maximum Gasteiger partial charge on any atom is 0.293 e. The fourth-order valence-corrected chi connectivity index (χ4v) is 4.77. The lowest BCUT2D eigenvalue weighted by Crippen LogP contribution is -2.50. The van der Waals surface area contributed by atoms with E-state index in [0.29, 0.717) is 11.3 Å². The summed E-state index contributed by atoms with van der Waals surface area (Å²) in [6, 6.07) is 13.2. The molecule has 3 rings (SSSR count). The van der Waals surface area contributed by atoms with Gasteiger partial charge in [0, 0.05) is 44.9 Å². The maximum absolute atomic E-state index is 12.7. The van der Waals surface area contributed by atoms with Crippen LogP contribution in [-0.2, 0) is 15.8 Å². The number of nitro benzene ring substituents is 1. The lowest BCUT2D eigenvalue weighted by Gasteiger charge is -2.34. The highest BCUT2D eigenvalue weighted by molar-refractivity contribution is 7.88. The van der Waals surface area contributed by atoms with E-state index in [4.69, 9.17) is 0 Å². The number of piperazine rings is 1. The molecular formula is C19H22N4O5S. The van der Waals surface area contributed by atoms with Gasteiger partial charge in [0.25, 0.3) is 11.6 Å². The Morgan fingerprint density at radius 3 is 2.34 bits per heavy atom. The molecular weight excluding hydrogens is 396 g/mol. The predicted octanol–water partition coefficient (Wildman–Crippen LogP) is 1.92. The molecule has 0 unspecified atom stereocenters. The van der Waals surface area contributed by atoms with Gasteiger partial charge < -0.3 is 10.2 Å². The van der Waals surface area contributed by atoms with Crippen molar-refractivity contribution in [3.8, 4) is 0 Å². The van der Waals surface area contributed by atoms with Crippen molar-refractivity contribution >= 4 is 27.3 Å². The van der Waals surface area contributed by atoms with Crippen LogP contribution in [0.4, 0.5) is 11.4 Å². The number of hydrogen-bond donors (Lipinski definition) is 1. The van der Waals surface area contributed by atoms with Crippen LogP contribution < -0.4 is 5.32 Å². The van der Waals surface area contributed by atoms with E-state index in [2.05, 4.69) is 5.32 Å². The molecule has 0 spiro atoms. The molecule has 1 N–H and O–H groups in total. The van der Waals surface area contributed by atoms with Crippen molar-refractivity contribution in [2.45, 2.75) is 5.75 Å². The number of rotatable bonds is 6. The summed E-state index contributed by atoms with van der Waals surface area (Å²) in [7, 11) is -1.91. The number of sulfonamides is 1. The Balaban J connectivity index is 1.67. The molecule has 1 aliphatic heterocycles. The number of carbonyl (C=O) groups is 1. The predicted molar refractivity (Wildman–Crippen MR) is 109 cm³/mol. The van der Waals surface area contributed by atoms with Gasteiger partial charge in [-0.3, -0.25) is 14.9 Å². The number of nitrogens with zero attached hydrogens (tertiary/aromatic N) is 3. The zero-order valence-electron chi connectivity index (χ0n) is 15.9. The molecule has 1 saturated heterocycles. The van der Waals surface area contributed by atoms with Gasteiger partial charge in [0.2, 0.25) is 10.0 Å². The molecule has 2 aromatic rings. The molecule has 10 heteroatoms. The van der Waals surface area contributed by atoms with E-state index in [1.807, 2.05) is 6.07 Å². The van der Waals surface area contributed by atoms with Crippen molar-refractivity contribution in [2.24, 2.45) is 0 Å². The Kier molecular flexibility index (Phi) is 6.14. The van der Waals surface area contributed by atoms with Crippen molar-refractivity contribution in [3.63, 3.8) is 0 Å². The molecule has 0 saturated carbocycles. The summed E-state index contributed by atoms with van der Waals surface area (Å²) in [6.45, 7) is 0.845. The lowest BCUT2D eigenvalue weighted by molar-refractivity contribution is -0.384. The molecule has 29 heavy (non-hydrogen) atoms. The van der Waals surface area contributed by atoms with Gasteiger partial charge in [-0.05, 0) is 17.7 Å². The zero-order valence-corrected chi connectivity index (χ0v) is 16.8. The van der Waals surface area contributed by atoms with Crippen LogP contribution in [0, 0.1) is 10.1 Å². The van der Waals surface area contributed by atoms with Crippen LogP contribution in [-0.4, -0.2) is 61.7 Å². The van der Waals surface area contributed by atoms with E-state index in [9.17, 15) is 23.3 Å². The summed E-state index contributed by atoms with van der Waals surface area (Å²) in [5, 5.41) is 13.9. The SMILES string of the molecule is CNc1ccc(C(=O)N2CCN(S(=O)(=O)Cc3ccccc3)CC2)cc1[N+](=O)[O-]. The average molecular weight is 418 g/mol. The zero-order chi connectivity index (χ0) is 21.0. The molecule has 0 aromatic heterocycles. The van der Waals surface area contributed by atoms with E-state index in [1.54, 1.807) is 31.3 Å². The Morgan fingerprint density at radius 1 is 1.10 bits per heavy atom. The standard InChI is InChI=1S/C19H22N4O5S/c1-20-17-8-7-16(13-18(17)23(25)26)19(24)21-9-11-22(12-10-21)29(27,28)14-15-5-3-2-4-6-15/h2-8,13,20H,9-12,14H2,1H3. The van der Waals surface area contributed by atoms with Gasteiger partial charge in [0.05, 0.1) is 10.7 Å². The van der Waals surface area contributed by atoms with Gasteiger partial charge in [-0.2, -0.15) is 4.31 Å². The van der Waals surface area contributed by atoms with Crippen LogP contribution in [0.3, 0.4) is 0 Å². The third kappa shape index (κ3) is 4.72. The van der Waals surface area contributed by atoms with Crippen LogP contribution >= 0.6 is 0 Å². The molecule has 1 heterocycles. The molecule has 154 valence electrons. The first kappa shape index (κ1) is 20.7. The molecule has 1 amide bonds. The third-order valence-corrected chi connectivity index (χ3v) is 6.67. The molecule has 0 bridgehead atoms. The smallest absolute Gasteiger partial charge is 0.293 e. The highest BCUT2D eigenvalue weighted by atomic mass is 32.2. The van der Waals surface area contributed by atoms with Crippen LogP contribution in [0.1, 0.15) is 15.9 Å². The second kappa shape index (κ2) is 8.58. The quantitative estimate of drug-likeness (QED) is 0.566. The highest BCUT2D eigenvalue weighted by Crippen LogP contribution is 2.26. The monoisotopic (exact) mass is 418 g/mol. The van der Waals surface area contributed by atoms with Crippen LogP contribution in [0.25, 0.3) is 0 Å². The summed E-state index contributed by atoms with van der Waals surface area (Å²) < 4.78 is 26.6. The first-order valence-electron chi connectivity index (χ1n) is 9.09. The summed E-state index contributed by atoms with van der Waals surface area (Å²) >= 11 is 0. The number of hydrogen-bond acceptors (Lipinski definition) is 6. The van der Waals surface area contributed by atoms with Crippen molar-refractivity contribution in [3.05, 3.63) is 69.8 Å². The van der Waals surface area contributed by atoms with E-state index < -0.39 is 14.9 Å². The van der Waals surface area contributed by atoms with Gasteiger partial charge >= 0.3 is 0 Å². The van der Waals surface area contributed by atoms with Crippen molar-refractivity contribution in [1.82, 2.24) is 9.21 Å². The van der Waals surface area contributed by atoms with Crippen LogP contribution in [0.15, 0.2) is 48.5 Å². The number of nitro groups is 1. The topological polar surface area (TPSA) is 113 Å². The van der Waals surface area contributed by atoms with Crippen LogP contribution in [0.2, 0.25) is 0 Å². The van der Waals surface area contributed by atoms with Crippen molar-refractivity contribution in [1.29, 1.82) is 0 Å². The molecule has 0 radical (unpaired) electrons. The van der Waals surface area contributed by atoms with E-state index in [1.165, 1.54) is 27.4 Å². The van der Waals surface area contributed by atoms with Gasteiger partial charge in [0.15, 0.2) is 0 Å². The molecule has 0 atom stereocenters. The Bertz CT molecular complexity index is 1000. The molecule has 2 aromatic carbocycles. The van der Waals surface area contributed by atoms with Crippen molar-refractivity contribution < 1.29 is 18.1 Å². The van der Waals surface area contributed by atoms with Gasteiger partial charge in [-0.15, -0.1) is 0 Å². The fourth-order valence-electron chi connectivity index (χ4n) is 3.26. The molecule has 1 fully saturated rings. The minimum Gasteiger partial charge on any atom is -0.383 e. The van der Waals surface area contributed by atoms with E-state index in [-0.39, 0.29) is 49.1 Å². The number of nitrogens with one attached hydrogen (secondary N) is 1. The average Bonchev–Trinajstić information content (AvgIpc) is 2.73. The normalized spacial score (nSPS) is 15.1. The number of benzene rings is 2. The van der Waals surface area contributed by atoms with Crippen molar-refractivity contribution in [2.75, 3.05) is 38.5 Å².